The molecular formula is C18H22N4O2S. The lowest BCUT2D eigenvalue weighted by Gasteiger charge is -2.20. The van der Waals surface area contributed by atoms with Gasteiger partial charge in [-0.3, -0.25) is 5.10 Å². The zero-order valence-electron chi connectivity index (χ0n) is 14.0. The van der Waals surface area contributed by atoms with Crippen molar-refractivity contribution in [2.75, 3.05) is 0 Å². The zero-order chi connectivity index (χ0) is 17.6. The molecule has 0 unspecified atom stereocenters. The number of nitrogens with zero attached hydrogens (tertiary/aromatic N) is 3. The van der Waals surface area contributed by atoms with Crippen LogP contribution in [0.3, 0.4) is 0 Å². The van der Waals surface area contributed by atoms with E-state index in [-0.39, 0.29) is 5.56 Å². The highest BCUT2D eigenvalue weighted by atomic mass is 32.1. The van der Waals surface area contributed by atoms with E-state index in [0.29, 0.717) is 4.77 Å². The highest BCUT2D eigenvalue weighted by Crippen LogP contribution is 2.27. The normalized spacial score (nSPS) is 15.7. The smallest absolute Gasteiger partial charge is 0.335 e. The summed E-state index contributed by atoms with van der Waals surface area (Å²) < 4.78 is 2.13. The molecule has 0 spiro atoms. The van der Waals surface area contributed by atoms with Gasteiger partial charge in [-0.25, -0.2) is 4.79 Å². The second-order valence-electron chi connectivity index (χ2n) is 6.47. The van der Waals surface area contributed by atoms with Gasteiger partial charge in [-0.15, -0.1) is 0 Å². The van der Waals surface area contributed by atoms with Gasteiger partial charge in [0.05, 0.1) is 11.8 Å². The Kier molecular flexibility index (Phi) is 5.75. The number of H-pyrrole nitrogens is 1. The van der Waals surface area contributed by atoms with Gasteiger partial charge in [0.15, 0.2) is 5.82 Å². The summed E-state index contributed by atoms with van der Waals surface area (Å²) in [5, 5.41) is 20.5. The Morgan fingerprint density at radius 1 is 1.32 bits per heavy atom. The van der Waals surface area contributed by atoms with E-state index in [1.54, 1.807) is 35.2 Å². The molecule has 2 N–H and O–H groups in total. The van der Waals surface area contributed by atoms with Crippen LogP contribution in [0.2, 0.25) is 0 Å². The first kappa shape index (κ1) is 17.5. The third-order valence-electron chi connectivity index (χ3n) is 4.70. The summed E-state index contributed by atoms with van der Waals surface area (Å²) in [6, 6.07) is 6.56. The predicted octanol–water partition coefficient (Wildman–Crippen LogP) is 4.03. The first-order valence-electron chi connectivity index (χ1n) is 8.67. The summed E-state index contributed by atoms with van der Waals surface area (Å²) in [5.74, 6) is 0.680. The molecule has 0 atom stereocenters. The Morgan fingerprint density at radius 2 is 2.04 bits per heavy atom. The summed E-state index contributed by atoms with van der Waals surface area (Å²) in [7, 11) is 0. The molecule has 1 fully saturated rings. The maximum Gasteiger partial charge on any atom is 0.335 e. The Bertz CT molecular complexity index is 801. The average molecular weight is 358 g/mol. The average Bonchev–Trinajstić information content (AvgIpc) is 2.99. The topological polar surface area (TPSA) is 83.3 Å². The van der Waals surface area contributed by atoms with E-state index in [1.807, 2.05) is 0 Å². The number of hydrogen-bond acceptors (Lipinski definition) is 4. The molecule has 7 heteroatoms. The SMILES string of the molecule is O=C(O)c1ccc(/C=N\n2c(CCC3CCCCC3)n[nH]c2=S)cc1. The van der Waals surface area contributed by atoms with Gasteiger partial charge in [0.25, 0.3) is 0 Å². The summed E-state index contributed by atoms with van der Waals surface area (Å²) >= 11 is 5.27. The molecule has 1 aromatic carbocycles. The van der Waals surface area contributed by atoms with Gasteiger partial charge in [-0.1, -0.05) is 44.2 Å². The van der Waals surface area contributed by atoms with Crippen molar-refractivity contribution >= 4 is 24.4 Å². The number of carboxylic acids is 1. The highest BCUT2D eigenvalue weighted by Gasteiger charge is 2.15. The molecule has 0 saturated heterocycles. The van der Waals surface area contributed by atoms with Gasteiger partial charge in [-0.05, 0) is 42.3 Å². The lowest BCUT2D eigenvalue weighted by molar-refractivity contribution is 0.0697. The van der Waals surface area contributed by atoms with Crippen LogP contribution in [0.4, 0.5) is 0 Å². The minimum Gasteiger partial charge on any atom is -0.478 e. The van der Waals surface area contributed by atoms with E-state index in [9.17, 15) is 4.79 Å². The molecule has 25 heavy (non-hydrogen) atoms. The Labute approximate surface area is 151 Å². The molecular weight excluding hydrogens is 336 g/mol. The van der Waals surface area contributed by atoms with Crippen LogP contribution in [0.15, 0.2) is 29.4 Å². The molecule has 1 aromatic heterocycles. The first-order valence-corrected chi connectivity index (χ1v) is 9.08. The van der Waals surface area contributed by atoms with Crippen LogP contribution >= 0.6 is 12.2 Å². The van der Waals surface area contributed by atoms with Crippen molar-refractivity contribution in [3.05, 3.63) is 46.0 Å². The lowest BCUT2D eigenvalue weighted by atomic mass is 9.86. The largest absolute Gasteiger partial charge is 0.478 e. The zero-order valence-corrected chi connectivity index (χ0v) is 14.8. The van der Waals surface area contributed by atoms with Crippen molar-refractivity contribution in [1.82, 2.24) is 14.9 Å². The van der Waals surface area contributed by atoms with Gasteiger partial charge in [0, 0.05) is 6.42 Å². The Morgan fingerprint density at radius 3 is 2.72 bits per heavy atom. The molecule has 6 nitrogen and oxygen atoms in total. The number of aromatic nitrogens is 3. The fourth-order valence-electron chi connectivity index (χ4n) is 3.25. The van der Waals surface area contributed by atoms with Crippen LogP contribution in [-0.2, 0) is 6.42 Å². The van der Waals surface area contributed by atoms with E-state index in [4.69, 9.17) is 17.3 Å². The fourth-order valence-corrected chi connectivity index (χ4v) is 3.45. The van der Waals surface area contributed by atoms with Gasteiger partial charge >= 0.3 is 5.97 Å². The number of hydrogen-bond donors (Lipinski definition) is 2. The fraction of sp³-hybridized carbons (Fsp3) is 0.444. The second-order valence-corrected chi connectivity index (χ2v) is 6.86. The Balaban J connectivity index is 1.68. The molecule has 132 valence electrons. The minimum atomic E-state index is -0.939. The van der Waals surface area contributed by atoms with Crippen LogP contribution in [0.25, 0.3) is 0 Å². The molecule has 1 aliphatic carbocycles. The number of benzene rings is 1. The van der Waals surface area contributed by atoms with Crippen molar-refractivity contribution < 1.29 is 9.90 Å². The van der Waals surface area contributed by atoms with Crippen molar-refractivity contribution in [3.8, 4) is 0 Å². The number of carbonyl (C=O) groups is 1. The summed E-state index contributed by atoms with van der Waals surface area (Å²) in [6.45, 7) is 0. The Hall–Kier alpha value is -2.28. The molecule has 1 heterocycles. The van der Waals surface area contributed by atoms with Gasteiger partial charge in [-0.2, -0.15) is 14.9 Å². The molecule has 1 aliphatic rings. The van der Waals surface area contributed by atoms with Crippen LogP contribution in [0, 0.1) is 10.7 Å². The summed E-state index contributed by atoms with van der Waals surface area (Å²) in [5.41, 5.74) is 1.07. The van der Waals surface area contributed by atoms with E-state index in [0.717, 1.165) is 30.1 Å². The number of rotatable bonds is 6. The van der Waals surface area contributed by atoms with Crippen molar-refractivity contribution in [3.63, 3.8) is 0 Å². The third kappa shape index (κ3) is 4.63. The summed E-state index contributed by atoms with van der Waals surface area (Å²) in [4.78, 5) is 10.9. The molecule has 0 bridgehead atoms. The van der Waals surface area contributed by atoms with Crippen LogP contribution in [0.5, 0.6) is 0 Å². The van der Waals surface area contributed by atoms with Crippen LogP contribution in [-0.4, -0.2) is 32.2 Å². The van der Waals surface area contributed by atoms with E-state index in [1.165, 1.54) is 32.1 Å². The van der Waals surface area contributed by atoms with E-state index >= 15 is 0 Å². The highest BCUT2D eigenvalue weighted by molar-refractivity contribution is 7.71. The minimum absolute atomic E-state index is 0.255. The number of carboxylic acid groups (broad SMARTS) is 1. The lowest BCUT2D eigenvalue weighted by Crippen LogP contribution is -2.09. The number of aryl methyl sites for hydroxylation is 1. The number of nitrogens with one attached hydrogen (secondary N) is 1. The molecule has 0 radical (unpaired) electrons. The maximum absolute atomic E-state index is 10.9. The van der Waals surface area contributed by atoms with Gasteiger partial charge < -0.3 is 5.11 Å². The molecule has 0 aliphatic heterocycles. The van der Waals surface area contributed by atoms with Crippen molar-refractivity contribution in [2.24, 2.45) is 11.0 Å². The first-order chi connectivity index (χ1) is 12.1. The van der Waals surface area contributed by atoms with E-state index in [2.05, 4.69) is 15.3 Å². The third-order valence-corrected chi connectivity index (χ3v) is 4.96. The molecule has 3 rings (SSSR count). The van der Waals surface area contributed by atoms with Gasteiger partial charge in [0.1, 0.15) is 0 Å². The van der Waals surface area contributed by atoms with Crippen LogP contribution in [0.1, 0.15) is 60.3 Å². The molecule has 1 saturated carbocycles. The number of aromatic carboxylic acids is 1. The second kappa shape index (κ2) is 8.20. The van der Waals surface area contributed by atoms with Crippen molar-refractivity contribution in [1.29, 1.82) is 0 Å². The predicted molar refractivity (Wildman–Crippen MR) is 98.7 cm³/mol. The number of aromatic amines is 1. The quantitative estimate of drug-likeness (QED) is 0.603. The van der Waals surface area contributed by atoms with Crippen molar-refractivity contribution in [2.45, 2.75) is 44.9 Å². The molecule has 0 amide bonds. The van der Waals surface area contributed by atoms with Crippen LogP contribution < -0.4 is 0 Å². The maximum atomic E-state index is 10.9. The monoisotopic (exact) mass is 358 g/mol. The standard InChI is InChI=1S/C18H22N4O2S/c23-17(24)15-9-6-14(7-10-15)12-19-22-16(20-21-18(22)25)11-8-13-4-2-1-3-5-13/h6-7,9-10,12-13H,1-5,8,11H2,(H,21,25)(H,23,24)/b19-12-. The molecule has 2 aromatic rings. The van der Waals surface area contributed by atoms with Gasteiger partial charge in [0.2, 0.25) is 4.77 Å². The van der Waals surface area contributed by atoms with E-state index < -0.39 is 5.97 Å². The summed E-state index contributed by atoms with van der Waals surface area (Å²) in [6.07, 6.45) is 10.3.